The first-order chi connectivity index (χ1) is 15.4. The van der Waals surface area contributed by atoms with Crippen molar-refractivity contribution >= 4 is 34.7 Å². The lowest BCUT2D eigenvalue weighted by Crippen LogP contribution is -2.32. The zero-order valence-electron chi connectivity index (χ0n) is 18.6. The molecule has 0 fully saturated rings. The van der Waals surface area contributed by atoms with Crippen LogP contribution in [0.3, 0.4) is 0 Å². The molecule has 0 aliphatic rings. The Hall–Kier alpha value is -3.33. The number of anilines is 1. The van der Waals surface area contributed by atoms with E-state index >= 15 is 0 Å². The Labute approximate surface area is 191 Å². The van der Waals surface area contributed by atoms with Gasteiger partial charge in [-0.2, -0.15) is 5.11 Å². The number of Topliss-reactive ketones (excluding diaryl/α,β-unsaturated/α-hetero) is 1. The van der Waals surface area contributed by atoms with Gasteiger partial charge in [-0.05, 0) is 32.9 Å². The fourth-order valence-corrected chi connectivity index (χ4v) is 2.93. The monoisotopic (exact) mass is 463 g/mol. The predicted octanol–water partition coefficient (Wildman–Crippen LogP) is 4.83. The Morgan fingerprint density at radius 2 is 1.56 bits per heavy atom. The van der Waals surface area contributed by atoms with E-state index in [9.17, 15) is 9.59 Å². The number of carbonyl (C=O) groups is 2. The molecule has 0 aromatic heterocycles. The minimum absolute atomic E-state index is 0.204. The molecule has 1 unspecified atom stereocenters. The van der Waals surface area contributed by atoms with Crippen molar-refractivity contribution in [1.82, 2.24) is 0 Å². The van der Waals surface area contributed by atoms with E-state index in [1.54, 1.807) is 18.2 Å². The first kappa shape index (κ1) is 24.9. The van der Waals surface area contributed by atoms with Crippen LogP contribution in [0.25, 0.3) is 0 Å². The molecule has 10 heteroatoms. The zero-order valence-corrected chi connectivity index (χ0v) is 19.4. The maximum Gasteiger partial charge on any atom is 0.258 e. The molecule has 0 saturated carbocycles. The molecule has 9 nitrogen and oxygen atoms in total. The maximum atomic E-state index is 12.8. The molecule has 1 atom stereocenters. The third-order valence-corrected chi connectivity index (χ3v) is 4.51. The summed E-state index contributed by atoms with van der Waals surface area (Å²) in [5.74, 6) is 0.395. The van der Waals surface area contributed by atoms with Gasteiger partial charge in [-0.25, -0.2) is 0 Å². The number of halogens is 1. The van der Waals surface area contributed by atoms with Crippen molar-refractivity contribution in [2.24, 2.45) is 10.2 Å². The molecule has 0 bridgehead atoms. The number of hydrogen-bond acceptors (Lipinski definition) is 8. The average Bonchev–Trinajstić information content (AvgIpc) is 2.76. The summed E-state index contributed by atoms with van der Waals surface area (Å²) in [4.78, 5) is 25.0. The number of methoxy groups -OCH3 is 2. The van der Waals surface area contributed by atoms with Gasteiger partial charge in [0.2, 0.25) is 6.04 Å². The molecule has 0 aliphatic carbocycles. The second kappa shape index (κ2) is 11.9. The number of amides is 1. The number of rotatable bonds is 11. The van der Waals surface area contributed by atoms with Crippen molar-refractivity contribution in [3.8, 4) is 23.0 Å². The highest BCUT2D eigenvalue weighted by Crippen LogP contribution is 2.38. The summed E-state index contributed by atoms with van der Waals surface area (Å²) in [6.45, 7) is 5.69. The van der Waals surface area contributed by atoms with Crippen LogP contribution in [0.2, 0.25) is 5.02 Å². The highest BCUT2D eigenvalue weighted by atomic mass is 35.5. The van der Waals surface area contributed by atoms with Crippen molar-refractivity contribution < 1.29 is 28.5 Å². The summed E-state index contributed by atoms with van der Waals surface area (Å²) in [7, 11) is 2.92. The van der Waals surface area contributed by atoms with Gasteiger partial charge < -0.3 is 24.3 Å². The van der Waals surface area contributed by atoms with E-state index in [0.29, 0.717) is 41.9 Å². The van der Waals surface area contributed by atoms with Gasteiger partial charge in [0, 0.05) is 12.1 Å². The standard InChI is InChI=1S/C22H26ClN3O6/c1-6-31-16-9-8-10-17(32-7-2)21(16)26-25-20(13(3)27)22(28)24-15-12-19(30-5)18(29-4)11-14(15)23/h8-12,20H,6-7H2,1-5H3,(H,24,28). The zero-order chi connectivity index (χ0) is 23.7. The lowest BCUT2D eigenvalue weighted by Gasteiger charge is -2.14. The van der Waals surface area contributed by atoms with Crippen LogP contribution in [0.5, 0.6) is 23.0 Å². The smallest absolute Gasteiger partial charge is 0.258 e. The summed E-state index contributed by atoms with van der Waals surface area (Å²) < 4.78 is 21.6. The fourth-order valence-electron chi connectivity index (χ4n) is 2.73. The fraction of sp³-hybridized carbons (Fsp3) is 0.364. The van der Waals surface area contributed by atoms with Crippen molar-refractivity contribution in [2.45, 2.75) is 26.8 Å². The van der Waals surface area contributed by atoms with Crippen molar-refractivity contribution in [3.05, 3.63) is 35.4 Å². The number of benzene rings is 2. The summed E-state index contributed by atoms with van der Waals surface area (Å²) in [5.41, 5.74) is 0.528. The van der Waals surface area contributed by atoms with E-state index in [1.807, 2.05) is 13.8 Å². The Morgan fingerprint density at radius 1 is 1.00 bits per heavy atom. The van der Waals surface area contributed by atoms with Gasteiger partial charge in [0.1, 0.15) is 0 Å². The third kappa shape index (κ3) is 6.10. The minimum Gasteiger partial charge on any atom is -0.493 e. The Morgan fingerprint density at radius 3 is 2.06 bits per heavy atom. The lowest BCUT2D eigenvalue weighted by atomic mass is 10.2. The molecule has 1 amide bonds. The van der Waals surface area contributed by atoms with Gasteiger partial charge in [0.25, 0.3) is 5.91 Å². The Kier molecular flexibility index (Phi) is 9.27. The highest BCUT2D eigenvalue weighted by Gasteiger charge is 2.25. The number of nitrogens with one attached hydrogen (secondary N) is 1. The Balaban J connectivity index is 2.35. The van der Waals surface area contributed by atoms with Gasteiger partial charge in [0.15, 0.2) is 34.5 Å². The highest BCUT2D eigenvalue weighted by molar-refractivity contribution is 6.34. The normalized spacial score (nSPS) is 11.7. The maximum absolute atomic E-state index is 12.8. The molecule has 2 aromatic carbocycles. The molecule has 0 saturated heterocycles. The minimum atomic E-state index is -1.41. The summed E-state index contributed by atoms with van der Waals surface area (Å²) in [5, 5.41) is 10.9. The third-order valence-electron chi connectivity index (χ3n) is 4.20. The van der Waals surface area contributed by atoms with E-state index in [-0.39, 0.29) is 10.7 Å². The van der Waals surface area contributed by atoms with Crippen molar-refractivity contribution in [2.75, 3.05) is 32.8 Å². The molecule has 2 rings (SSSR count). The topological polar surface area (TPSA) is 108 Å². The predicted molar refractivity (Wildman–Crippen MR) is 121 cm³/mol. The van der Waals surface area contributed by atoms with Crippen LogP contribution in [0, 0.1) is 0 Å². The summed E-state index contributed by atoms with van der Waals surface area (Å²) in [6.07, 6.45) is 0. The van der Waals surface area contributed by atoms with Gasteiger partial charge in [-0.3, -0.25) is 9.59 Å². The van der Waals surface area contributed by atoms with E-state index < -0.39 is 17.7 Å². The van der Waals surface area contributed by atoms with Gasteiger partial charge in [-0.15, -0.1) is 5.11 Å². The molecule has 0 radical (unpaired) electrons. The van der Waals surface area contributed by atoms with E-state index in [4.69, 9.17) is 30.5 Å². The molecule has 32 heavy (non-hydrogen) atoms. The molecule has 172 valence electrons. The molecule has 0 heterocycles. The van der Waals surface area contributed by atoms with E-state index in [2.05, 4.69) is 15.5 Å². The van der Waals surface area contributed by atoms with Crippen LogP contribution in [0.1, 0.15) is 20.8 Å². The molecule has 0 aliphatic heterocycles. The number of hydrogen-bond donors (Lipinski definition) is 1. The van der Waals surface area contributed by atoms with Gasteiger partial charge in [0.05, 0.1) is 38.1 Å². The van der Waals surface area contributed by atoms with Crippen LogP contribution in [0.4, 0.5) is 11.4 Å². The average molecular weight is 464 g/mol. The summed E-state index contributed by atoms with van der Waals surface area (Å²) >= 11 is 6.23. The van der Waals surface area contributed by atoms with Gasteiger partial charge >= 0.3 is 0 Å². The number of azo groups is 1. The van der Waals surface area contributed by atoms with Crippen LogP contribution in [0.15, 0.2) is 40.6 Å². The number of ketones is 1. The number of nitrogens with zero attached hydrogens (tertiary/aromatic N) is 2. The van der Waals surface area contributed by atoms with Crippen LogP contribution >= 0.6 is 11.6 Å². The molecular weight excluding hydrogens is 438 g/mol. The molecule has 1 N–H and O–H groups in total. The lowest BCUT2D eigenvalue weighted by molar-refractivity contribution is -0.126. The van der Waals surface area contributed by atoms with Crippen molar-refractivity contribution in [1.29, 1.82) is 0 Å². The first-order valence-electron chi connectivity index (χ1n) is 9.88. The van der Waals surface area contributed by atoms with Crippen molar-refractivity contribution in [3.63, 3.8) is 0 Å². The van der Waals surface area contributed by atoms with Gasteiger partial charge in [-0.1, -0.05) is 17.7 Å². The second-order valence-corrected chi connectivity index (χ2v) is 6.78. The number of ether oxygens (including phenoxy) is 4. The van der Waals surface area contributed by atoms with E-state index in [1.165, 1.54) is 33.3 Å². The molecular formula is C22H26ClN3O6. The Bertz CT molecular complexity index is 972. The second-order valence-electron chi connectivity index (χ2n) is 6.37. The largest absolute Gasteiger partial charge is 0.493 e. The first-order valence-corrected chi connectivity index (χ1v) is 10.3. The number of carbonyl (C=O) groups excluding carboxylic acids is 2. The van der Waals surface area contributed by atoms with E-state index in [0.717, 1.165) is 0 Å². The molecule has 2 aromatic rings. The van der Waals surface area contributed by atoms with Crippen LogP contribution in [-0.4, -0.2) is 45.2 Å². The molecule has 0 spiro atoms. The quantitative estimate of drug-likeness (QED) is 0.377. The van der Waals surface area contributed by atoms with Crippen LogP contribution < -0.4 is 24.3 Å². The summed E-state index contributed by atoms with van der Waals surface area (Å²) in [6, 6.07) is 6.73. The SMILES string of the molecule is CCOc1cccc(OCC)c1N=NC(C(C)=O)C(=O)Nc1cc(OC)c(OC)cc1Cl. The van der Waals surface area contributed by atoms with Crippen LogP contribution in [-0.2, 0) is 9.59 Å².